The highest BCUT2D eigenvalue weighted by Gasteiger charge is 2.16. The molecule has 7 nitrogen and oxygen atoms in total. The van der Waals surface area contributed by atoms with Gasteiger partial charge < -0.3 is 15.4 Å². The zero-order valence-corrected chi connectivity index (χ0v) is 12.2. The number of fused-ring (bicyclic) bond motifs is 1. The largest absolute Gasteiger partial charge is 0.374 e. The van der Waals surface area contributed by atoms with E-state index in [-0.39, 0.29) is 12.0 Å². The molecule has 1 aliphatic rings. The van der Waals surface area contributed by atoms with E-state index in [1.54, 1.807) is 10.6 Å². The summed E-state index contributed by atoms with van der Waals surface area (Å²) in [6.07, 6.45) is 0.0183. The van der Waals surface area contributed by atoms with Crippen molar-refractivity contribution in [1.29, 1.82) is 0 Å². The molecule has 3 rings (SSSR count). The van der Waals surface area contributed by atoms with Crippen molar-refractivity contribution in [1.82, 2.24) is 25.2 Å². The van der Waals surface area contributed by atoms with Crippen LogP contribution >= 0.6 is 0 Å². The summed E-state index contributed by atoms with van der Waals surface area (Å²) in [6.45, 7) is 6.60. The highest BCUT2D eigenvalue weighted by atomic mass is 16.5. The average molecular weight is 289 g/mol. The second kappa shape index (κ2) is 5.79. The zero-order chi connectivity index (χ0) is 14.8. The summed E-state index contributed by atoms with van der Waals surface area (Å²) in [5.41, 5.74) is 2.86. The van der Waals surface area contributed by atoms with Crippen LogP contribution in [0.15, 0.2) is 12.1 Å². The summed E-state index contributed by atoms with van der Waals surface area (Å²) >= 11 is 0. The van der Waals surface area contributed by atoms with E-state index >= 15 is 0 Å². The number of rotatable bonds is 3. The quantitative estimate of drug-likeness (QED) is 0.835. The number of aryl methyl sites for hydroxylation is 2. The molecule has 112 valence electrons. The fraction of sp³-hybridized carbons (Fsp3) is 0.500. The lowest BCUT2D eigenvalue weighted by molar-refractivity contribution is 0.0287. The van der Waals surface area contributed by atoms with E-state index < -0.39 is 0 Å². The van der Waals surface area contributed by atoms with Crippen LogP contribution in [0, 0.1) is 13.8 Å². The van der Waals surface area contributed by atoms with Crippen LogP contribution in [0.1, 0.15) is 21.9 Å². The Morgan fingerprint density at radius 1 is 1.52 bits per heavy atom. The van der Waals surface area contributed by atoms with Crippen LogP contribution in [0.25, 0.3) is 5.65 Å². The summed E-state index contributed by atoms with van der Waals surface area (Å²) in [4.78, 5) is 16.6. The Morgan fingerprint density at radius 2 is 2.38 bits per heavy atom. The average Bonchev–Trinajstić information content (AvgIpc) is 2.87. The third-order valence-electron chi connectivity index (χ3n) is 3.45. The number of carbonyl (C=O) groups excluding carboxylic acids is 1. The molecule has 3 heterocycles. The molecule has 2 N–H and O–H groups in total. The number of morpholine rings is 1. The van der Waals surface area contributed by atoms with Crippen molar-refractivity contribution >= 4 is 11.6 Å². The normalized spacial score (nSPS) is 18.9. The van der Waals surface area contributed by atoms with Gasteiger partial charge >= 0.3 is 0 Å². The first-order chi connectivity index (χ1) is 10.1. The number of hydrogen-bond acceptors (Lipinski definition) is 5. The molecule has 0 aliphatic carbocycles. The Morgan fingerprint density at radius 3 is 3.14 bits per heavy atom. The van der Waals surface area contributed by atoms with Crippen LogP contribution in [-0.4, -0.2) is 52.9 Å². The lowest BCUT2D eigenvalue weighted by Gasteiger charge is -2.23. The highest BCUT2D eigenvalue weighted by Crippen LogP contribution is 2.09. The minimum Gasteiger partial charge on any atom is -0.374 e. The van der Waals surface area contributed by atoms with E-state index in [0.717, 1.165) is 24.5 Å². The SMILES string of the molecule is Cc1cc2nc(C(=O)NC[C@H]3CNCCO3)cc(C)n2n1. The summed E-state index contributed by atoms with van der Waals surface area (Å²) < 4.78 is 7.29. The third-order valence-corrected chi connectivity index (χ3v) is 3.45. The number of carbonyl (C=O) groups is 1. The molecular formula is C14H19N5O2. The van der Waals surface area contributed by atoms with Crippen LogP contribution in [0.4, 0.5) is 0 Å². The molecule has 1 fully saturated rings. The Kier molecular flexibility index (Phi) is 3.85. The van der Waals surface area contributed by atoms with Gasteiger partial charge in [0.25, 0.3) is 5.91 Å². The Bertz CT molecular complexity index is 661. The summed E-state index contributed by atoms with van der Waals surface area (Å²) in [6, 6.07) is 3.60. The molecule has 0 spiro atoms. The van der Waals surface area contributed by atoms with E-state index in [2.05, 4.69) is 20.7 Å². The highest BCUT2D eigenvalue weighted by molar-refractivity contribution is 5.92. The molecule has 2 aromatic heterocycles. The van der Waals surface area contributed by atoms with Gasteiger partial charge in [0.2, 0.25) is 0 Å². The zero-order valence-electron chi connectivity index (χ0n) is 12.2. The maximum absolute atomic E-state index is 12.2. The molecule has 0 saturated carbocycles. The lowest BCUT2D eigenvalue weighted by Crippen LogP contribution is -2.45. The molecule has 1 aliphatic heterocycles. The molecular weight excluding hydrogens is 270 g/mol. The number of ether oxygens (including phenoxy) is 1. The van der Waals surface area contributed by atoms with Gasteiger partial charge in [0, 0.05) is 31.4 Å². The molecule has 7 heteroatoms. The van der Waals surface area contributed by atoms with Gasteiger partial charge in [-0.1, -0.05) is 0 Å². The molecule has 0 aromatic carbocycles. The van der Waals surface area contributed by atoms with Gasteiger partial charge in [-0.05, 0) is 19.9 Å². The number of hydrogen-bond donors (Lipinski definition) is 2. The monoisotopic (exact) mass is 289 g/mol. The molecule has 0 bridgehead atoms. The first-order valence-corrected chi connectivity index (χ1v) is 7.08. The lowest BCUT2D eigenvalue weighted by atomic mass is 10.2. The van der Waals surface area contributed by atoms with Crippen molar-refractivity contribution in [2.45, 2.75) is 20.0 Å². The standard InChI is InChI=1S/C14H19N5O2/c1-9-5-13-17-12(6-10(2)19(13)18-9)14(20)16-8-11-7-15-3-4-21-11/h5-6,11,15H,3-4,7-8H2,1-2H3,(H,16,20)/t11-/m1/s1. The van der Waals surface area contributed by atoms with E-state index in [9.17, 15) is 4.79 Å². The van der Waals surface area contributed by atoms with Crippen molar-refractivity contribution in [3.63, 3.8) is 0 Å². The van der Waals surface area contributed by atoms with E-state index in [0.29, 0.717) is 24.5 Å². The van der Waals surface area contributed by atoms with Gasteiger partial charge in [-0.2, -0.15) is 5.10 Å². The minimum atomic E-state index is -0.186. The van der Waals surface area contributed by atoms with Gasteiger partial charge in [-0.15, -0.1) is 0 Å². The Balaban J connectivity index is 1.71. The Hall–Kier alpha value is -1.99. The fourth-order valence-electron chi connectivity index (χ4n) is 2.40. The fourth-order valence-corrected chi connectivity index (χ4v) is 2.40. The first-order valence-electron chi connectivity index (χ1n) is 7.08. The van der Waals surface area contributed by atoms with Gasteiger partial charge in [0.15, 0.2) is 5.65 Å². The second-order valence-electron chi connectivity index (χ2n) is 5.25. The predicted octanol–water partition coefficient (Wildman–Crippen LogP) is 0.0643. The van der Waals surface area contributed by atoms with E-state index in [1.807, 2.05) is 19.9 Å². The van der Waals surface area contributed by atoms with Crippen LogP contribution in [-0.2, 0) is 4.74 Å². The third kappa shape index (κ3) is 3.03. The van der Waals surface area contributed by atoms with Crippen molar-refractivity contribution in [2.75, 3.05) is 26.2 Å². The molecule has 0 radical (unpaired) electrons. The van der Waals surface area contributed by atoms with E-state index in [4.69, 9.17) is 4.74 Å². The first kappa shape index (κ1) is 14.0. The van der Waals surface area contributed by atoms with Gasteiger partial charge in [0.1, 0.15) is 5.69 Å². The molecule has 2 aromatic rings. The maximum Gasteiger partial charge on any atom is 0.270 e. The molecule has 1 amide bonds. The number of aromatic nitrogens is 3. The van der Waals surface area contributed by atoms with Crippen molar-refractivity contribution in [2.24, 2.45) is 0 Å². The Labute approximate surface area is 122 Å². The number of amides is 1. The summed E-state index contributed by atoms with van der Waals surface area (Å²) in [5, 5.41) is 10.4. The van der Waals surface area contributed by atoms with Crippen LogP contribution < -0.4 is 10.6 Å². The molecule has 1 saturated heterocycles. The molecule has 1 atom stereocenters. The number of nitrogens with one attached hydrogen (secondary N) is 2. The maximum atomic E-state index is 12.2. The number of nitrogens with zero attached hydrogens (tertiary/aromatic N) is 3. The van der Waals surface area contributed by atoms with E-state index in [1.165, 1.54) is 0 Å². The van der Waals surface area contributed by atoms with Gasteiger partial charge in [-0.3, -0.25) is 4.79 Å². The smallest absolute Gasteiger partial charge is 0.270 e. The van der Waals surface area contributed by atoms with Crippen molar-refractivity contribution < 1.29 is 9.53 Å². The van der Waals surface area contributed by atoms with Gasteiger partial charge in [0.05, 0.1) is 18.4 Å². The summed E-state index contributed by atoms with van der Waals surface area (Å²) in [5.74, 6) is -0.186. The summed E-state index contributed by atoms with van der Waals surface area (Å²) in [7, 11) is 0. The minimum absolute atomic E-state index is 0.0183. The topological polar surface area (TPSA) is 80.5 Å². The van der Waals surface area contributed by atoms with Crippen LogP contribution in [0.2, 0.25) is 0 Å². The molecule has 0 unspecified atom stereocenters. The molecule has 21 heavy (non-hydrogen) atoms. The van der Waals surface area contributed by atoms with Crippen molar-refractivity contribution in [3.05, 3.63) is 29.2 Å². The van der Waals surface area contributed by atoms with Crippen LogP contribution in [0.3, 0.4) is 0 Å². The van der Waals surface area contributed by atoms with Gasteiger partial charge in [-0.25, -0.2) is 9.50 Å². The van der Waals surface area contributed by atoms with Crippen LogP contribution in [0.5, 0.6) is 0 Å². The predicted molar refractivity (Wildman–Crippen MR) is 77.4 cm³/mol. The second-order valence-corrected chi connectivity index (χ2v) is 5.25. The van der Waals surface area contributed by atoms with Crippen molar-refractivity contribution in [3.8, 4) is 0 Å².